The monoisotopic (exact) mass is 452 g/mol. The fourth-order valence-corrected chi connectivity index (χ4v) is 6.53. The highest BCUT2D eigenvalue weighted by Crippen LogP contribution is 2.33. The smallest absolute Gasteiger partial charge is 0.261 e. The standard InChI is InChI=1S/C20H24N2O6S2/c1-27-19-7-5-16(14-20(19)30(25,26)22-10-3-2-4-11-22)21-29(23,24)17-6-8-18-15(13-17)9-12-28-18/h5-8,13-14,21H,2-4,9-12H2,1H3. The fraction of sp³-hybridized carbons (Fsp3) is 0.400. The lowest BCUT2D eigenvalue weighted by Gasteiger charge is -2.26. The average molecular weight is 453 g/mol. The van der Waals surface area contributed by atoms with E-state index in [4.69, 9.17) is 9.47 Å². The molecule has 30 heavy (non-hydrogen) atoms. The Bertz CT molecular complexity index is 1160. The molecule has 1 fully saturated rings. The molecule has 0 aromatic heterocycles. The first-order chi connectivity index (χ1) is 14.3. The third kappa shape index (κ3) is 3.99. The summed E-state index contributed by atoms with van der Waals surface area (Å²) in [6, 6.07) is 8.96. The number of sulfonamides is 2. The van der Waals surface area contributed by atoms with E-state index in [1.807, 2.05) is 0 Å². The van der Waals surface area contributed by atoms with Crippen LogP contribution in [0.2, 0.25) is 0 Å². The van der Waals surface area contributed by atoms with Crippen molar-refractivity contribution in [2.45, 2.75) is 35.5 Å². The molecular weight excluding hydrogens is 428 g/mol. The van der Waals surface area contributed by atoms with Gasteiger partial charge in [0.25, 0.3) is 10.0 Å². The molecule has 2 aromatic rings. The summed E-state index contributed by atoms with van der Waals surface area (Å²) in [5, 5.41) is 0. The number of methoxy groups -OCH3 is 1. The van der Waals surface area contributed by atoms with E-state index >= 15 is 0 Å². The van der Waals surface area contributed by atoms with E-state index in [2.05, 4.69) is 4.72 Å². The van der Waals surface area contributed by atoms with Crippen LogP contribution >= 0.6 is 0 Å². The van der Waals surface area contributed by atoms with Crippen molar-refractivity contribution in [2.75, 3.05) is 31.5 Å². The molecule has 2 aliphatic rings. The Morgan fingerprint density at radius 1 is 1.00 bits per heavy atom. The molecule has 10 heteroatoms. The van der Waals surface area contributed by atoms with E-state index in [9.17, 15) is 16.8 Å². The zero-order chi connectivity index (χ0) is 21.4. The summed E-state index contributed by atoms with van der Waals surface area (Å²) in [6.45, 7) is 1.42. The van der Waals surface area contributed by atoms with Crippen molar-refractivity contribution in [3.63, 3.8) is 0 Å². The lowest BCUT2D eigenvalue weighted by Crippen LogP contribution is -2.35. The molecule has 2 aromatic carbocycles. The van der Waals surface area contributed by atoms with Gasteiger partial charge in [0, 0.05) is 19.5 Å². The van der Waals surface area contributed by atoms with Gasteiger partial charge in [-0.2, -0.15) is 4.31 Å². The second-order valence-corrected chi connectivity index (χ2v) is 10.9. The molecule has 2 aliphatic heterocycles. The quantitative estimate of drug-likeness (QED) is 0.723. The molecule has 0 amide bonds. The maximum Gasteiger partial charge on any atom is 0.261 e. The van der Waals surface area contributed by atoms with E-state index in [0.717, 1.165) is 24.8 Å². The minimum absolute atomic E-state index is 0.0468. The van der Waals surface area contributed by atoms with E-state index in [0.29, 0.717) is 31.9 Å². The SMILES string of the molecule is COc1ccc(NS(=O)(=O)c2ccc3c(c2)CCO3)cc1S(=O)(=O)N1CCCCC1. The van der Waals surface area contributed by atoms with Gasteiger partial charge in [0.15, 0.2) is 0 Å². The lowest BCUT2D eigenvalue weighted by molar-refractivity contribution is 0.343. The number of rotatable bonds is 6. The van der Waals surface area contributed by atoms with Crippen LogP contribution in [-0.4, -0.2) is 47.9 Å². The number of benzene rings is 2. The number of hydrogen-bond donors (Lipinski definition) is 1. The van der Waals surface area contributed by atoms with Crippen LogP contribution in [-0.2, 0) is 26.5 Å². The first-order valence-electron chi connectivity index (χ1n) is 9.78. The Morgan fingerprint density at radius 3 is 2.50 bits per heavy atom. The van der Waals surface area contributed by atoms with Crippen LogP contribution in [0.25, 0.3) is 0 Å². The Morgan fingerprint density at radius 2 is 1.77 bits per heavy atom. The van der Waals surface area contributed by atoms with E-state index in [-0.39, 0.29) is 21.2 Å². The first-order valence-corrected chi connectivity index (χ1v) is 12.7. The van der Waals surface area contributed by atoms with Gasteiger partial charge in [0.05, 0.1) is 24.3 Å². The summed E-state index contributed by atoms with van der Waals surface area (Å²) in [6.07, 6.45) is 3.25. The number of nitrogens with zero attached hydrogens (tertiary/aromatic N) is 1. The molecule has 0 atom stereocenters. The summed E-state index contributed by atoms with van der Waals surface area (Å²) in [5.41, 5.74) is 0.990. The zero-order valence-electron chi connectivity index (χ0n) is 16.6. The van der Waals surface area contributed by atoms with E-state index in [1.165, 1.54) is 35.7 Å². The molecule has 0 unspecified atom stereocenters. The third-order valence-electron chi connectivity index (χ3n) is 5.32. The van der Waals surface area contributed by atoms with Crippen LogP contribution in [0.15, 0.2) is 46.2 Å². The van der Waals surface area contributed by atoms with Crippen molar-refractivity contribution in [1.29, 1.82) is 0 Å². The molecule has 0 aliphatic carbocycles. The van der Waals surface area contributed by atoms with Crippen molar-refractivity contribution in [2.24, 2.45) is 0 Å². The van der Waals surface area contributed by atoms with Gasteiger partial charge in [-0.1, -0.05) is 6.42 Å². The van der Waals surface area contributed by atoms with Gasteiger partial charge in [0.2, 0.25) is 10.0 Å². The molecular formula is C20H24N2O6S2. The normalized spacial score (nSPS) is 17.2. The molecule has 8 nitrogen and oxygen atoms in total. The molecule has 0 radical (unpaired) electrons. The van der Waals surface area contributed by atoms with E-state index in [1.54, 1.807) is 12.1 Å². The highest BCUT2D eigenvalue weighted by molar-refractivity contribution is 7.92. The van der Waals surface area contributed by atoms with Crippen LogP contribution in [0.4, 0.5) is 5.69 Å². The molecule has 0 spiro atoms. The summed E-state index contributed by atoms with van der Waals surface area (Å²) < 4.78 is 66.6. The Balaban J connectivity index is 1.66. The van der Waals surface area contributed by atoms with Crippen molar-refractivity contribution in [3.05, 3.63) is 42.0 Å². The van der Waals surface area contributed by atoms with Gasteiger partial charge in [-0.25, -0.2) is 16.8 Å². The van der Waals surface area contributed by atoms with Crippen molar-refractivity contribution in [1.82, 2.24) is 4.31 Å². The average Bonchev–Trinajstić information content (AvgIpc) is 3.22. The van der Waals surface area contributed by atoms with Gasteiger partial charge in [-0.3, -0.25) is 4.72 Å². The van der Waals surface area contributed by atoms with E-state index < -0.39 is 20.0 Å². The predicted octanol–water partition coefficient (Wildman–Crippen LogP) is 2.61. The second kappa shape index (κ2) is 8.09. The van der Waals surface area contributed by atoms with Crippen LogP contribution in [0.1, 0.15) is 24.8 Å². The summed E-state index contributed by atoms with van der Waals surface area (Å²) in [5.74, 6) is 0.867. The molecule has 2 heterocycles. The summed E-state index contributed by atoms with van der Waals surface area (Å²) >= 11 is 0. The molecule has 1 saturated heterocycles. The number of fused-ring (bicyclic) bond motifs is 1. The Kier molecular flexibility index (Phi) is 5.65. The highest BCUT2D eigenvalue weighted by Gasteiger charge is 2.30. The third-order valence-corrected chi connectivity index (χ3v) is 8.62. The highest BCUT2D eigenvalue weighted by atomic mass is 32.2. The number of piperidine rings is 1. The maximum atomic E-state index is 13.1. The Hall–Kier alpha value is -2.30. The number of ether oxygens (including phenoxy) is 2. The maximum absolute atomic E-state index is 13.1. The molecule has 4 rings (SSSR count). The van der Waals surface area contributed by atoms with Gasteiger partial charge in [0.1, 0.15) is 16.4 Å². The van der Waals surface area contributed by atoms with Crippen molar-refractivity contribution in [3.8, 4) is 11.5 Å². The topological polar surface area (TPSA) is 102 Å². The van der Waals surface area contributed by atoms with Crippen molar-refractivity contribution < 1.29 is 26.3 Å². The molecule has 162 valence electrons. The van der Waals surface area contributed by atoms with Crippen LogP contribution in [0, 0.1) is 0 Å². The minimum Gasteiger partial charge on any atom is -0.495 e. The van der Waals surface area contributed by atoms with Crippen LogP contribution in [0.3, 0.4) is 0 Å². The lowest BCUT2D eigenvalue weighted by atomic mass is 10.2. The summed E-state index contributed by atoms with van der Waals surface area (Å²) in [7, 11) is -6.31. The van der Waals surface area contributed by atoms with Crippen molar-refractivity contribution >= 4 is 25.7 Å². The fourth-order valence-electron chi connectivity index (χ4n) is 3.73. The van der Waals surface area contributed by atoms with Gasteiger partial charge in [-0.15, -0.1) is 0 Å². The predicted molar refractivity (Wildman–Crippen MR) is 112 cm³/mol. The number of anilines is 1. The minimum atomic E-state index is -3.90. The van der Waals surface area contributed by atoms with Gasteiger partial charge < -0.3 is 9.47 Å². The molecule has 0 bridgehead atoms. The largest absolute Gasteiger partial charge is 0.495 e. The number of hydrogen-bond acceptors (Lipinski definition) is 6. The summed E-state index contributed by atoms with van der Waals surface area (Å²) in [4.78, 5) is 0.0532. The van der Waals surface area contributed by atoms with Crippen LogP contribution in [0.5, 0.6) is 11.5 Å². The van der Waals surface area contributed by atoms with Gasteiger partial charge >= 0.3 is 0 Å². The van der Waals surface area contributed by atoms with Crippen LogP contribution < -0.4 is 14.2 Å². The Labute approximate surface area is 176 Å². The second-order valence-electron chi connectivity index (χ2n) is 7.30. The first kappa shape index (κ1) is 21.0. The zero-order valence-corrected chi connectivity index (χ0v) is 18.3. The number of nitrogens with one attached hydrogen (secondary N) is 1. The molecule has 0 saturated carbocycles. The van der Waals surface area contributed by atoms with Gasteiger partial charge in [-0.05, 0) is 54.8 Å². The molecule has 1 N–H and O–H groups in total.